The lowest BCUT2D eigenvalue weighted by atomic mass is 9.82. The third-order valence-electron chi connectivity index (χ3n) is 3.86. The molecule has 1 atom stereocenters. The molecule has 1 N–H and O–H groups in total. The van der Waals surface area contributed by atoms with Gasteiger partial charge in [0.25, 0.3) is 0 Å². The van der Waals surface area contributed by atoms with E-state index >= 15 is 0 Å². The van der Waals surface area contributed by atoms with E-state index in [2.05, 4.69) is 13.8 Å². The highest BCUT2D eigenvalue weighted by Crippen LogP contribution is 2.48. The maximum atomic E-state index is 11.6. The van der Waals surface area contributed by atoms with Gasteiger partial charge in [0, 0.05) is 11.8 Å². The Morgan fingerprint density at radius 2 is 1.77 bits per heavy atom. The number of hydrogen-bond donors (Lipinski definition) is 1. The highest BCUT2D eigenvalue weighted by Gasteiger charge is 2.40. The molecule has 1 aliphatic rings. The molecule has 0 saturated carbocycles. The average Bonchev–Trinajstić information content (AvgIpc) is 2.57. The maximum Gasteiger partial charge on any atom is 0.175 e. The molecule has 5 heteroatoms. The fourth-order valence-corrected chi connectivity index (χ4v) is 3.60. The minimum Gasteiger partial charge on any atom is -0.492 e. The highest BCUT2D eigenvalue weighted by molar-refractivity contribution is 7.90. The molecule has 4 nitrogen and oxygen atoms in total. The summed E-state index contributed by atoms with van der Waals surface area (Å²) in [5.74, 6) is 0.604. The molecular formula is C17H24O4S. The minimum absolute atomic E-state index is 0.0242. The summed E-state index contributed by atoms with van der Waals surface area (Å²) in [6, 6.07) is 6.78. The predicted octanol–water partition coefficient (Wildman–Crippen LogP) is 3.02. The van der Waals surface area contributed by atoms with Crippen molar-refractivity contribution in [2.75, 3.05) is 6.26 Å². The van der Waals surface area contributed by atoms with E-state index in [4.69, 9.17) is 4.74 Å². The number of aliphatic hydroxyl groups excluding tert-OH is 1. The van der Waals surface area contributed by atoms with Gasteiger partial charge in [-0.1, -0.05) is 26.0 Å². The van der Waals surface area contributed by atoms with Crippen molar-refractivity contribution in [2.45, 2.75) is 51.2 Å². The summed E-state index contributed by atoms with van der Waals surface area (Å²) < 4.78 is 29.0. The summed E-state index contributed by atoms with van der Waals surface area (Å²) in [5, 5.41) is 10.3. The van der Waals surface area contributed by atoms with Gasteiger partial charge >= 0.3 is 0 Å². The molecule has 0 heterocycles. The summed E-state index contributed by atoms with van der Waals surface area (Å²) in [5.41, 5.74) is 1.62. The second-order valence-corrected chi connectivity index (χ2v) is 8.82. The zero-order valence-corrected chi connectivity index (χ0v) is 14.6. The van der Waals surface area contributed by atoms with Crippen molar-refractivity contribution in [3.05, 3.63) is 35.6 Å². The molecule has 0 spiro atoms. The molecule has 1 aliphatic carbocycles. The van der Waals surface area contributed by atoms with Crippen LogP contribution in [0.15, 0.2) is 34.9 Å². The second kappa shape index (κ2) is 5.70. The molecule has 122 valence electrons. The molecule has 1 unspecified atom stereocenters. The summed E-state index contributed by atoms with van der Waals surface area (Å²) in [7, 11) is -3.21. The predicted molar refractivity (Wildman–Crippen MR) is 87.1 cm³/mol. The van der Waals surface area contributed by atoms with Crippen molar-refractivity contribution >= 4 is 15.4 Å². The molecule has 0 radical (unpaired) electrons. The Morgan fingerprint density at radius 1 is 1.23 bits per heavy atom. The van der Waals surface area contributed by atoms with Crippen LogP contribution in [0.5, 0.6) is 0 Å². The van der Waals surface area contributed by atoms with Crippen molar-refractivity contribution in [3.8, 4) is 0 Å². The SMILES string of the molecule is CC(C)OC1=C(c2ccc(S(C)(=O)=O)cc2)C(C)(C)CC1O. The Bertz CT molecular complexity index is 682. The summed E-state index contributed by atoms with van der Waals surface area (Å²) in [6.45, 7) is 7.98. The van der Waals surface area contributed by atoms with Gasteiger partial charge in [-0.2, -0.15) is 0 Å². The Balaban J connectivity index is 2.52. The number of rotatable bonds is 4. The van der Waals surface area contributed by atoms with Crippen LogP contribution in [0.3, 0.4) is 0 Å². The number of allylic oxidation sites excluding steroid dienone is 1. The van der Waals surface area contributed by atoms with Crippen LogP contribution in [-0.2, 0) is 14.6 Å². The van der Waals surface area contributed by atoms with Gasteiger partial charge in [0.2, 0.25) is 0 Å². The van der Waals surface area contributed by atoms with E-state index in [9.17, 15) is 13.5 Å². The lowest BCUT2D eigenvalue weighted by Crippen LogP contribution is -2.14. The lowest BCUT2D eigenvalue weighted by molar-refractivity contribution is 0.0714. The molecule has 0 amide bonds. The van der Waals surface area contributed by atoms with Crippen LogP contribution in [0.25, 0.3) is 5.57 Å². The van der Waals surface area contributed by atoms with Crippen LogP contribution in [0.1, 0.15) is 39.7 Å². The monoisotopic (exact) mass is 324 g/mol. The smallest absolute Gasteiger partial charge is 0.175 e. The fraction of sp³-hybridized carbons (Fsp3) is 0.529. The molecular weight excluding hydrogens is 300 g/mol. The maximum absolute atomic E-state index is 11.6. The van der Waals surface area contributed by atoms with E-state index in [1.165, 1.54) is 6.26 Å². The van der Waals surface area contributed by atoms with Gasteiger partial charge in [-0.05, 0) is 43.4 Å². The quantitative estimate of drug-likeness (QED) is 0.924. The Labute approximate surface area is 132 Å². The Hall–Kier alpha value is -1.33. The van der Waals surface area contributed by atoms with Gasteiger partial charge < -0.3 is 9.84 Å². The van der Waals surface area contributed by atoms with Crippen LogP contribution in [0.2, 0.25) is 0 Å². The van der Waals surface area contributed by atoms with Crippen molar-refractivity contribution in [1.29, 1.82) is 0 Å². The van der Waals surface area contributed by atoms with Crippen LogP contribution in [0, 0.1) is 5.41 Å². The molecule has 0 aromatic heterocycles. The fourth-order valence-electron chi connectivity index (χ4n) is 2.97. The van der Waals surface area contributed by atoms with E-state index in [-0.39, 0.29) is 11.5 Å². The zero-order valence-electron chi connectivity index (χ0n) is 13.8. The largest absolute Gasteiger partial charge is 0.492 e. The van der Waals surface area contributed by atoms with E-state index in [1.807, 2.05) is 13.8 Å². The molecule has 22 heavy (non-hydrogen) atoms. The number of aliphatic hydroxyl groups is 1. The standard InChI is InChI=1S/C17H24O4S/c1-11(2)21-16-14(18)10-17(3,4)15(16)12-6-8-13(9-7-12)22(5,19)20/h6-9,11,14,18H,10H2,1-5H3. The number of sulfone groups is 1. The van der Waals surface area contributed by atoms with Gasteiger partial charge in [0.15, 0.2) is 9.84 Å². The van der Waals surface area contributed by atoms with Gasteiger partial charge in [-0.3, -0.25) is 0 Å². The Kier molecular flexibility index (Phi) is 4.42. The third kappa shape index (κ3) is 3.36. The van der Waals surface area contributed by atoms with Crippen LogP contribution < -0.4 is 0 Å². The first-order valence-corrected chi connectivity index (χ1v) is 9.31. The first kappa shape index (κ1) is 17.0. The van der Waals surface area contributed by atoms with Gasteiger partial charge in [0.05, 0.1) is 11.0 Å². The summed E-state index contributed by atoms with van der Waals surface area (Å²) >= 11 is 0. The summed E-state index contributed by atoms with van der Waals surface area (Å²) in [6.07, 6.45) is 1.14. The van der Waals surface area contributed by atoms with Crippen LogP contribution >= 0.6 is 0 Å². The summed E-state index contributed by atoms with van der Waals surface area (Å²) in [4.78, 5) is 0.291. The molecule has 2 rings (SSSR count). The zero-order chi connectivity index (χ0) is 16.7. The highest BCUT2D eigenvalue weighted by atomic mass is 32.2. The van der Waals surface area contributed by atoms with Gasteiger partial charge in [-0.15, -0.1) is 0 Å². The second-order valence-electron chi connectivity index (χ2n) is 6.81. The molecule has 1 aromatic rings. The topological polar surface area (TPSA) is 63.6 Å². The first-order valence-electron chi connectivity index (χ1n) is 7.42. The van der Waals surface area contributed by atoms with Crippen LogP contribution in [-0.4, -0.2) is 32.0 Å². The van der Waals surface area contributed by atoms with Crippen LogP contribution in [0.4, 0.5) is 0 Å². The molecule has 0 saturated heterocycles. The van der Waals surface area contributed by atoms with E-state index < -0.39 is 15.9 Å². The van der Waals surface area contributed by atoms with E-state index in [1.54, 1.807) is 24.3 Å². The lowest BCUT2D eigenvalue weighted by Gasteiger charge is -2.23. The minimum atomic E-state index is -3.21. The van der Waals surface area contributed by atoms with Crippen molar-refractivity contribution in [1.82, 2.24) is 0 Å². The normalized spacial score (nSPS) is 21.5. The van der Waals surface area contributed by atoms with Gasteiger partial charge in [0.1, 0.15) is 11.9 Å². The number of ether oxygens (including phenoxy) is 1. The molecule has 0 aliphatic heterocycles. The van der Waals surface area contributed by atoms with Crippen molar-refractivity contribution in [2.24, 2.45) is 5.41 Å². The third-order valence-corrected chi connectivity index (χ3v) is 4.99. The molecule has 0 bridgehead atoms. The van der Waals surface area contributed by atoms with E-state index in [0.29, 0.717) is 17.1 Å². The Morgan fingerprint density at radius 3 is 2.23 bits per heavy atom. The van der Waals surface area contributed by atoms with Gasteiger partial charge in [-0.25, -0.2) is 8.42 Å². The average molecular weight is 324 g/mol. The first-order chi connectivity index (χ1) is 10.0. The number of hydrogen-bond acceptors (Lipinski definition) is 4. The van der Waals surface area contributed by atoms with Crippen molar-refractivity contribution in [3.63, 3.8) is 0 Å². The van der Waals surface area contributed by atoms with Crippen molar-refractivity contribution < 1.29 is 18.3 Å². The van der Waals surface area contributed by atoms with E-state index in [0.717, 1.165) is 11.1 Å². The number of benzene rings is 1. The molecule has 0 fully saturated rings. The molecule has 1 aromatic carbocycles.